The number of nitrogens with two attached hydrogens (primary N) is 1. The van der Waals surface area contributed by atoms with E-state index in [1.54, 1.807) is 6.20 Å². The Morgan fingerprint density at radius 1 is 1.03 bits per heavy atom. The minimum atomic E-state index is -4.73. The average Bonchev–Trinajstić information content (AvgIpc) is 3.03. The molecule has 0 saturated carbocycles. The van der Waals surface area contributed by atoms with E-state index < -0.39 is 23.0 Å². The van der Waals surface area contributed by atoms with Crippen LogP contribution in [-0.2, 0) is 19.8 Å². The molecule has 0 spiro atoms. The number of rotatable bonds is 3. The maximum absolute atomic E-state index is 13.7. The van der Waals surface area contributed by atoms with Gasteiger partial charge in [0.15, 0.2) is 0 Å². The van der Waals surface area contributed by atoms with E-state index in [2.05, 4.69) is 0 Å². The van der Waals surface area contributed by atoms with Gasteiger partial charge in [-0.1, -0.05) is 42.0 Å². The number of nitrogen functional groups attached to an aromatic ring is 1. The fourth-order valence-corrected chi connectivity index (χ4v) is 4.02. The maximum Gasteiger partial charge on any atom is 0.418 e. The van der Waals surface area contributed by atoms with Gasteiger partial charge < -0.3 is 14.9 Å². The SMILES string of the molecule is Cc1ccc(Cn2c(-c3cn(C)c4ccccc34)cc(C(F)(F)F)c(N)c2=O)c(C)c1. The Labute approximate surface area is 177 Å². The molecule has 0 atom stereocenters. The van der Waals surface area contributed by atoms with Gasteiger partial charge in [-0.25, -0.2) is 0 Å². The number of anilines is 1. The summed E-state index contributed by atoms with van der Waals surface area (Å²) in [5.41, 5.74) is 7.38. The van der Waals surface area contributed by atoms with Crippen molar-refractivity contribution in [3.8, 4) is 11.3 Å². The third kappa shape index (κ3) is 3.60. The van der Waals surface area contributed by atoms with E-state index in [0.29, 0.717) is 5.56 Å². The summed E-state index contributed by atoms with van der Waals surface area (Å²) in [7, 11) is 1.82. The van der Waals surface area contributed by atoms with Gasteiger partial charge in [-0.2, -0.15) is 13.2 Å². The van der Waals surface area contributed by atoms with Crippen LogP contribution in [0.25, 0.3) is 22.2 Å². The van der Waals surface area contributed by atoms with Gasteiger partial charge in [0.2, 0.25) is 0 Å². The lowest BCUT2D eigenvalue weighted by molar-refractivity contribution is -0.137. The predicted molar refractivity (Wildman–Crippen MR) is 117 cm³/mol. The van der Waals surface area contributed by atoms with Crippen LogP contribution in [0.15, 0.2) is 59.5 Å². The zero-order valence-corrected chi connectivity index (χ0v) is 17.4. The minimum absolute atomic E-state index is 0.117. The fraction of sp³-hybridized carbons (Fsp3) is 0.208. The second kappa shape index (κ2) is 7.34. The van der Waals surface area contributed by atoms with E-state index in [4.69, 9.17) is 5.73 Å². The van der Waals surface area contributed by atoms with Crippen LogP contribution in [-0.4, -0.2) is 9.13 Å². The second-order valence-electron chi connectivity index (χ2n) is 7.85. The first-order valence-electron chi connectivity index (χ1n) is 9.79. The highest BCUT2D eigenvalue weighted by Crippen LogP contribution is 2.37. The second-order valence-corrected chi connectivity index (χ2v) is 7.85. The molecule has 4 aromatic rings. The van der Waals surface area contributed by atoms with Gasteiger partial charge in [0.05, 0.1) is 17.8 Å². The number of alkyl halides is 3. The van der Waals surface area contributed by atoms with E-state index in [9.17, 15) is 18.0 Å². The molecular weight excluding hydrogens is 403 g/mol. The molecule has 0 amide bonds. The number of hydrogen-bond donors (Lipinski definition) is 1. The van der Waals surface area contributed by atoms with Gasteiger partial charge in [-0.15, -0.1) is 0 Å². The number of para-hydroxylation sites is 1. The number of aromatic nitrogens is 2. The maximum atomic E-state index is 13.7. The molecule has 0 radical (unpaired) electrons. The normalized spacial score (nSPS) is 11.9. The standard InChI is InChI=1S/C24H22F3N3O/c1-14-8-9-16(15(2)10-14)12-30-21(11-19(24(25,26)27)22(28)23(30)31)18-13-29(3)20-7-5-4-6-17(18)20/h4-11,13H,12,28H2,1-3H3. The first-order chi connectivity index (χ1) is 14.6. The lowest BCUT2D eigenvalue weighted by Gasteiger charge is -2.19. The molecule has 7 heteroatoms. The summed E-state index contributed by atoms with van der Waals surface area (Å²) in [5.74, 6) is 0. The predicted octanol–water partition coefficient (Wildman–Crippen LogP) is 5.27. The molecule has 0 aliphatic heterocycles. The van der Waals surface area contributed by atoms with Crippen LogP contribution in [0.3, 0.4) is 0 Å². The lowest BCUT2D eigenvalue weighted by Crippen LogP contribution is -2.29. The highest BCUT2D eigenvalue weighted by Gasteiger charge is 2.36. The van der Waals surface area contributed by atoms with Crippen molar-refractivity contribution >= 4 is 16.6 Å². The van der Waals surface area contributed by atoms with Crippen molar-refractivity contribution < 1.29 is 13.2 Å². The Hall–Kier alpha value is -3.48. The van der Waals surface area contributed by atoms with E-state index in [-0.39, 0.29) is 12.2 Å². The van der Waals surface area contributed by atoms with Gasteiger partial charge in [0.1, 0.15) is 5.69 Å². The summed E-state index contributed by atoms with van der Waals surface area (Å²) in [6, 6.07) is 14.2. The average molecular weight is 425 g/mol. The molecule has 2 aromatic carbocycles. The van der Waals surface area contributed by atoms with Crippen molar-refractivity contribution in [3.63, 3.8) is 0 Å². The number of fused-ring (bicyclic) bond motifs is 1. The number of pyridine rings is 1. The van der Waals surface area contributed by atoms with E-state index >= 15 is 0 Å². The first-order valence-corrected chi connectivity index (χ1v) is 9.79. The number of nitrogens with zero attached hydrogens (tertiary/aromatic N) is 2. The van der Waals surface area contributed by atoms with E-state index in [1.165, 1.54) is 4.57 Å². The van der Waals surface area contributed by atoms with Crippen LogP contribution in [0, 0.1) is 13.8 Å². The number of halogens is 3. The Kier molecular flexibility index (Phi) is 4.92. The number of hydrogen-bond acceptors (Lipinski definition) is 2. The first kappa shape index (κ1) is 20.8. The van der Waals surface area contributed by atoms with Crippen LogP contribution in [0.5, 0.6) is 0 Å². The quantitative estimate of drug-likeness (QED) is 0.486. The van der Waals surface area contributed by atoms with Crippen LogP contribution >= 0.6 is 0 Å². The number of aryl methyl sites for hydroxylation is 3. The molecule has 0 saturated heterocycles. The minimum Gasteiger partial charge on any atom is -0.394 e. The third-order valence-electron chi connectivity index (χ3n) is 5.64. The molecule has 2 N–H and O–H groups in total. The monoisotopic (exact) mass is 425 g/mol. The van der Waals surface area contributed by atoms with Crippen molar-refractivity contribution in [1.82, 2.24) is 9.13 Å². The summed E-state index contributed by atoms with van der Waals surface area (Å²) in [6.07, 6.45) is -2.99. The Balaban J connectivity index is 2.04. The van der Waals surface area contributed by atoms with Crippen LogP contribution < -0.4 is 11.3 Å². The Morgan fingerprint density at radius 3 is 2.42 bits per heavy atom. The van der Waals surface area contributed by atoms with E-state index in [1.807, 2.05) is 67.9 Å². The third-order valence-corrected chi connectivity index (χ3v) is 5.64. The molecule has 160 valence electrons. The Morgan fingerprint density at radius 2 is 1.74 bits per heavy atom. The molecule has 31 heavy (non-hydrogen) atoms. The highest BCUT2D eigenvalue weighted by atomic mass is 19.4. The van der Waals surface area contributed by atoms with Gasteiger partial charge in [0.25, 0.3) is 5.56 Å². The topological polar surface area (TPSA) is 52.9 Å². The van der Waals surface area contributed by atoms with Crippen molar-refractivity contribution in [2.24, 2.45) is 7.05 Å². The molecule has 0 bridgehead atoms. The lowest BCUT2D eigenvalue weighted by atomic mass is 10.0. The van der Waals surface area contributed by atoms with Gasteiger partial charge in [0, 0.05) is 29.7 Å². The molecule has 4 rings (SSSR count). The van der Waals surface area contributed by atoms with Crippen LogP contribution in [0.4, 0.5) is 18.9 Å². The smallest absolute Gasteiger partial charge is 0.394 e. The Bertz CT molecular complexity index is 1360. The molecule has 2 heterocycles. The molecule has 0 aliphatic carbocycles. The summed E-state index contributed by atoms with van der Waals surface area (Å²) in [5, 5.41) is 0.761. The fourth-order valence-electron chi connectivity index (χ4n) is 4.02. The van der Waals surface area contributed by atoms with E-state index in [0.717, 1.165) is 33.7 Å². The largest absolute Gasteiger partial charge is 0.418 e. The van der Waals surface area contributed by atoms with Crippen LogP contribution in [0.1, 0.15) is 22.3 Å². The van der Waals surface area contributed by atoms with Crippen molar-refractivity contribution in [2.75, 3.05) is 5.73 Å². The van der Waals surface area contributed by atoms with Crippen molar-refractivity contribution in [2.45, 2.75) is 26.6 Å². The summed E-state index contributed by atoms with van der Waals surface area (Å²) in [4.78, 5) is 13.1. The highest BCUT2D eigenvalue weighted by molar-refractivity contribution is 5.95. The summed E-state index contributed by atoms with van der Waals surface area (Å²) >= 11 is 0. The van der Waals surface area contributed by atoms with Crippen molar-refractivity contribution in [3.05, 3.63) is 87.3 Å². The molecular formula is C24H22F3N3O. The molecule has 2 aromatic heterocycles. The zero-order chi connectivity index (χ0) is 22.5. The number of benzene rings is 2. The zero-order valence-electron chi connectivity index (χ0n) is 17.4. The van der Waals surface area contributed by atoms with Gasteiger partial charge in [-0.05, 0) is 37.1 Å². The summed E-state index contributed by atoms with van der Waals surface area (Å²) in [6.45, 7) is 3.99. The summed E-state index contributed by atoms with van der Waals surface area (Å²) < 4.78 is 44.2. The molecule has 4 nitrogen and oxygen atoms in total. The molecule has 0 unspecified atom stereocenters. The molecule has 0 fully saturated rings. The van der Waals surface area contributed by atoms with Crippen molar-refractivity contribution in [1.29, 1.82) is 0 Å². The van der Waals surface area contributed by atoms with Crippen LogP contribution in [0.2, 0.25) is 0 Å². The van der Waals surface area contributed by atoms with Gasteiger partial charge in [-0.3, -0.25) is 4.79 Å². The molecule has 0 aliphatic rings. The van der Waals surface area contributed by atoms with Gasteiger partial charge >= 0.3 is 6.18 Å².